The summed E-state index contributed by atoms with van der Waals surface area (Å²) in [7, 11) is -4.21. The highest BCUT2D eigenvalue weighted by Crippen LogP contribution is 2.46. The highest BCUT2D eigenvalue weighted by molar-refractivity contribution is 7.90. The number of nitrogens with zero attached hydrogens (tertiary/aromatic N) is 4. The van der Waals surface area contributed by atoms with Crippen molar-refractivity contribution in [3.05, 3.63) is 107 Å². The third-order valence-corrected chi connectivity index (χ3v) is 17.7. The van der Waals surface area contributed by atoms with Crippen molar-refractivity contribution in [2.75, 3.05) is 26.3 Å². The number of ether oxygens (including phenoxy) is 4. The van der Waals surface area contributed by atoms with E-state index in [2.05, 4.69) is 69.7 Å². The molecule has 0 saturated carbocycles. The third-order valence-electron chi connectivity index (χ3n) is 16.1. The molecule has 0 spiro atoms. The molecule has 3 atom stereocenters. The molecule has 488 valence electrons. The quantitative estimate of drug-likeness (QED) is 0.0154. The van der Waals surface area contributed by atoms with Gasteiger partial charge in [0.1, 0.15) is 34.5 Å². The van der Waals surface area contributed by atoms with E-state index in [1.54, 1.807) is 39.3 Å². The van der Waals surface area contributed by atoms with Crippen molar-refractivity contribution < 1.29 is 46.5 Å². The van der Waals surface area contributed by atoms with Crippen LogP contribution in [0.4, 0.5) is 4.79 Å². The lowest BCUT2D eigenvalue weighted by atomic mass is 9.88. The van der Waals surface area contributed by atoms with E-state index < -0.39 is 63.7 Å². The maximum Gasteiger partial charge on any atom is 0.407 e. The van der Waals surface area contributed by atoms with E-state index in [1.165, 1.54) is 0 Å². The number of guanidine groups is 1. The molecule has 0 saturated heterocycles. The Bertz CT molecular complexity index is 3640. The molecule has 7 rings (SSSR count). The van der Waals surface area contributed by atoms with E-state index in [0.717, 1.165) is 68.8 Å². The van der Waals surface area contributed by atoms with Gasteiger partial charge in [-0.15, -0.1) is 5.10 Å². The number of Topliss-reactive ketones (excluding diaryl/α,β-unsaturated/α-hetero) is 1. The first-order valence-electron chi connectivity index (χ1n) is 31.9. The molecule has 19 nitrogen and oxygen atoms in total. The monoisotopic (exact) mass is 1260 g/mol. The molecular weight excluding hydrogens is 1160 g/mol. The summed E-state index contributed by atoms with van der Waals surface area (Å²) in [6.45, 7) is 27.7. The lowest BCUT2D eigenvalue weighted by Crippen LogP contribution is -2.53. The molecule has 2 heterocycles. The second-order valence-electron chi connectivity index (χ2n) is 26.9. The van der Waals surface area contributed by atoms with Crippen LogP contribution in [0.15, 0.2) is 88.9 Å². The lowest BCUT2D eigenvalue weighted by molar-refractivity contribution is -0.133. The van der Waals surface area contributed by atoms with Gasteiger partial charge < -0.3 is 40.6 Å². The standard InChI is InChI=1S/C70H97N9O10S/c1-43(2)28-31-52-41-79(78-76-52)40-51(38-45(5)6)63(81)56(27-21-36-72-67(71)77-90(84,85)65-47(8)46(7)64-55(48(65)9)39-70(13,14)88-64)75-66(82)57(26-19-20-35-73-68(83)89-69(10,11)12)74-60(80)42-87-59-33-30-50-23-16-18-25-54(50)62(59)61-53-24-17-15-22-49(53)29-32-58(61)86-37-34-44(3)4/h15-18,22-25,29-30,32-33,41,43-45,51,56-57H,19-21,26-28,31,34-40,42H2,1-14H3,(H,73,83)(H,74,80)(H,75,82)(H3,71,72,77)/t51-,56-,57-/m0/s1. The average molecular weight is 1260 g/mol. The van der Waals surface area contributed by atoms with Crippen LogP contribution in [0, 0.1) is 44.4 Å². The summed E-state index contributed by atoms with van der Waals surface area (Å²) >= 11 is 0. The van der Waals surface area contributed by atoms with Crippen LogP contribution < -0.4 is 40.6 Å². The van der Waals surface area contributed by atoms with Crippen LogP contribution in [0.5, 0.6) is 17.2 Å². The minimum Gasteiger partial charge on any atom is -0.493 e. The maximum absolute atomic E-state index is 15.2. The van der Waals surface area contributed by atoms with Gasteiger partial charge in [-0.1, -0.05) is 107 Å². The van der Waals surface area contributed by atoms with Gasteiger partial charge in [-0.05, 0) is 181 Å². The summed E-state index contributed by atoms with van der Waals surface area (Å²) in [5.41, 5.74) is 10.2. The zero-order valence-electron chi connectivity index (χ0n) is 55.4. The van der Waals surface area contributed by atoms with Gasteiger partial charge in [0, 0.05) is 48.3 Å². The molecule has 1 aliphatic heterocycles. The SMILES string of the molecule is Cc1c(C)c(S(=O)(=O)NC(N)=NCCC[C@H](NC(=O)[C@H](CCCCNC(=O)OC(C)(C)C)NC(=O)COc2ccc3ccccc3c2-c2c(OCCC(C)C)ccc3ccccc23)C(=O)[C@@H](CC(C)C)Cn2cc(CCC(C)C)nn2)c(C)c2c1OC(C)(C)C2. The molecule has 3 amide bonds. The first-order valence-corrected chi connectivity index (χ1v) is 33.4. The Balaban J connectivity index is 1.16. The van der Waals surface area contributed by atoms with Crippen molar-refractivity contribution in [2.24, 2.45) is 34.4 Å². The second kappa shape index (κ2) is 30.8. The van der Waals surface area contributed by atoms with E-state index in [0.29, 0.717) is 72.5 Å². The molecule has 0 bridgehead atoms. The topological polar surface area (TPSA) is 257 Å². The van der Waals surface area contributed by atoms with E-state index in [9.17, 15) is 18.0 Å². The van der Waals surface area contributed by atoms with Gasteiger partial charge in [-0.2, -0.15) is 0 Å². The Hall–Kier alpha value is -7.74. The molecule has 1 aromatic heterocycles. The van der Waals surface area contributed by atoms with Crippen LogP contribution in [0.25, 0.3) is 32.7 Å². The molecule has 6 N–H and O–H groups in total. The lowest BCUT2D eigenvalue weighted by Gasteiger charge is -2.27. The van der Waals surface area contributed by atoms with Crippen LogP contribution in [0.1, 0.15) is 155 Å². The van der Waals surface area contributed by atoms with Crippen molar-refractivity contribution >= 4 is 61.2 Å². The summed E-state index contributed by atoms with van der Waals surface area (Å²) in [6, 6.07) is 21.6. The molecule has 1 aliphatic rings. The Morgan fingerprint density at radius 2 is 1.38 bits per heavy atom. The van der Waals surface area contributed by atoms with Crippen LogP contribution in [0.2, 0.25) is 0 Å². The van der Waals surface area contributed by atoms with Crippen molar-refractivity contribution in [3.8, 4) is 28.4 Å². The number of amides is 3. The van der Waals surface area contributed by atoms with E-state index in [4.69, 9.17) is 24.7 Å². The predicted octanol–water partition coefficient (Wildman–Crippen LogP) is 12.0. The van der Waals surface area contributed by atoms with E-state index in [1.807, 2.05) is 108 Å². The molecular formula is C70H97N9O10S. The van der Waals surface area contributed by atoms with Gasteiger partial charge in [-0.25, -0.2) is 17.9 Å². The molecule has 0 radical (unpaired) electrons. The highest BCUT2D eigenvalue weighted by Gasteiger charge is 2.37. The summed E-state index contributed by atoms with van der Waals surface area (Å²) in [6.07, 6.45) is 6.02. The average Bonchev–Trinajstić information content (AvgIpc) is 1.40. The Morgan fingerprint density at radius 1 is 0.756 bits per heavy atom. The molecule has 6 aromatic rings. The van der Waals surface area contributed by atoms with Crippen LogP contribution >= 0.6 is 0 Å². The zero-order valence-corrected chi connectivity index (χ0v) is 56.2. The van der Waals surface area contributed by atoms with Crippen LogP contribution in [-0.4, -0.2) is 103 Å². The smallest absolute Gasteiger partial charge is 0.407 e. The van der Waals surface area contributed by atoms with Crippen LogP contribution in [-0.2, 0) is 48.5 Å². The fourth-order valence-corrected chi connectivity index (χ4v) is 13.1. The minimum absolute atomic E-state index is 0.00238. The largest absolute Gasteiger partial charge is 0.493 e. The van der Waals surface area contributed by atoms with Crippen LogP contribution in [0.3, 0.4) is 0 Å². The summed E-state index contributed by atoms with van der Waals surface area (Å²) in [5.74, 6) is 0.375. The minimum atomic E-state index is -4.21. The number of aryl methyl sites for hydroxylation is 1. The first-order chi connectivity index (χ1) is 42.5. The number of fused-ring (bicyclic) bond motifs is 3. The number of ketones is 1. The van der Waals surface area contributed by atoms with Gasteiger partial charge in [0.25, 0.3) is 15.9 Å². The Kier molecular flexibility index (Phi) is 23.9. The van der Waals surface area contributed by atoms with Gasteiger partial charge in [-0.3, -0.25) is 24.1 Å². The van der Waals surface area contributed by atoms with Gasteiger partial charge >= 0.3 is 6.09 Å². The summed E-state index contributed by atoms with van der Waals surface area (Å²) in [5, 5.41) is 21.4. The predicted molar refractivity (Wildman–Crippen MR) is 356 cm³/mol. The highest BCUT2D eigenvalue weighted by atomic mass is 32.2. The molecule has 90 heavy (non-hydrogen) atoms. The van der Waals surface area contributed by atoms with E-state index in [-0.39, 0.29) is 61.5 Å². The number of aromatic nitrogens is 3. The van der Waals surface area contributed by atoms with Crippen molar-refractivity contribution in [1.29, 1.82) is 0 Å². The van der Waals surface area contributed by atoms with Gasteiger partial charge in [0.05, 0.1) is 29.8 Å². The summed E-state index contributed by atoms with van der Waals surface area (Å²) < 4.78 is 57.2. The zero-order chi connectivity index (χ0) is 65.7. The van der Waals surface area contributed by atoms with Gasteiger partial charge in [0.2, 0.25) is 11.9 Å². The number of unbranched alkanes of at least 4 members (excludes halogenated alkanes) is 1. The number of hydrogen-bond acceptors (Lipinski definition) is 13. The normalized spacial score (nSPS) is 14.3. The van der Waals surface area contributed by atoms with Crippen molar-refractivity contribution in [1.82, 2.24) is 35.7 Å². The number of nitrogens with two attached hydrogens (primary N) is 1. The number of nitrogens with one attached hydrogen (secondary N) is 4. The van der Waals surface area contributed by atoms with Crippen molar-refractivity contribution in [3.63, 3.8) is 0 Å². The number of benzene rings is 5. The maximum atomic E-state index is 15.2. The number of rotatable bonds is 31. The first kappa shape index (κ1) is 69.7. The number of alkyl carbamates (subject to hydrolysis) is 1. The molecule has 0 aliphatic carbocycles. The number of sulfonamides is 1. The number of hydrogen-bond donors (Lipinski definition) is 5. The number of carbonyl (C=O) groups excluding carboxylic acids is 4. The van der Waals surface area contributed by atoms with Gasteiger partial charge in [0.15, 0.2) is 12.4 Å². The Labute approximate surface area is 532 Å². The number of aliphatic imine (C=N–C) groups is 1. The fraction of sp³-hybridized carbons (Fsp3) is 0.529. The fourth-order valence-electron chi connectivity index (χ4n) is 11.6. The molecule has 0 fully saturated rings. The molecule has 20 heteroatoms. The summed E-state index contributed by atoms with van der Waals surface area (Å²) in [4.78, 5) is 61.9. The Morgan fingerprint density at radius 3 is 2.00 bits per heavy atom. The van der Waals surface area contributed by atoms with Crippen molar-refractivity contribution in [2.45, 2.75) is 196 Å². The molecule has 5 aromatic carbocycles. The second-order valence-corrected chi connectivity index (χ2v) is 28.5. The van der Waals surface area contributed by atoms with E-state index >= 15 is 9.59 Å². The molecule has 0 unspecified atom stereocenters. The third kappa shape index (κ3) is 19.2. The number of carbonyl (C=O) groups is 4.